The van der Waals surface area contributed by atoms with E-state index >= 15 is 0 Å². The summed E-state index contributed by atoms with van der Waals surface area (Å²) in [6, 6.07) is 27.1. The van der Waals surface area contributed by atoms with Crippen molar-refractivity contribution in [3.63, 3.8) is 0 Å². The molecule has 1 amide bonds. The molecular weight excluding hydrogens is 424 g/mol. The Hall–Kier alpha value is -4.36. The number of hydrogen-bond donors (Lipinski definition) is 2. The van der Waals surface area contributed by atoms with Crippen LogP contribution in [-0.4, -0.2) is 22.2 Å². The van der Waals surface area contributed by atoms with Gasteiger partial charge in [-0.3, -0.25) is 4.79 Å². The molecule has 2 N–H and O–H groups in total. The van der Waals surface area contributed by atoms with Crippen LogP contribution >= 0.6 is 0 Å². The maximum atomic E-state index is 13.3. The molecule has 0 aliphatic carbocycles. The number of benzene rings is 3. The number of nitrogens with one attached hydrogen (secondary N) is 2. The van der Waals surface area contributed by atoms with E-state index in [1.165, 1.54) is 0 Å². The lowest BCUT2D eigenvalue weighted by atomic mass is 10.1. The summed E-state index contributed by atoms with van der Waals surface area (Å²) in [4.78, 5) is 27.1. The molecule has 34 heavy (non-hydrogen) atoms. The number of para-hydroxylation sites is 2. The molecule has 0 radical (unpaired) electrons. The molecule has 0 spiro atoms. The van der Waals surface area contributed by atoms with Gasteiger partial charge in [0, 0.05) is 23.9 Å². The molecule has 0 fully saturated rings. The highest BCUT2D eigenvalue weighted by atomic mass is 16.2. The molecular formula is C27H25N6O+. The first kappa shape index (κ1) is 21.5. The van der Waals surface area contributed by atoms with Crippen LogP contribution in [0.3, 0.4) is 0 Å². The first-order valence-electron chi connectivity index (χ1n) is 11.1. The van der Waals surface area contributed by atoms with Gasteiger partial charge in [-0.05, 0) is 37.6 Å². The molecule has 7 heteroatoms. The van der Waals surface area contributed by atoms with Crippen LogP contribution in [0.4, 0.5) is 23.1 Å². The van der Waals surface area contributed by atoms with Crippen LogP contribution in [0, 0.1) is 6.92 Å². The second-order valence-corrected chi connectivity index (χ2v) is 8.28. The standard InChI is InChI=1S/C27H24N6O/c1-19-12-14-22(15-13-19)26(34)32-33(18-29-23-10-6-7-11-24(23)33)25-16-17-28-27(31-25)30-20(2)21-8-4-3-5-9-21/h3-18,20H,1-2H3,(H-,28,30,31,32,34)/p+1. The summed E-state index contributed by atoms with van der Waals surface area (Å²) in [5.41, 5.74) is 7.51. The van der Waals surface area contributed by atoms with Crippen molar-refractivity contribution in [3.05, 3.63) is 108 Å². The minimum Gasteiger partial charge on any atom is -0.348 e. The lowest BCUT2D eigenvalue weighted by molar-refractivity contribution is 0.0904. The summed E-state index contributed by atoms with van der Waals surface area (Å²) in [7, 11) is 0. The number of rotatable bonds is 6. The summed E-state index contributed by atoms with van der Waals surface area (Å²) in [6.45, 7) is 4.05. The molecule has 2 atom stereocenters. The van der Waals surface area contributed by atoms with E-state index in [9.17, 15) is 4.79 Å². The van der Waals surface area contributed by atoms with Crippen LogP contribution in [0.15, 0.2) is 96.1 Å². The second kappa shape index (κ2) is 8.88. The zero-order valence-corrected chi connectivity index (χ0v) is 19.0. The van der Waals surface area contributed by atoms with Crippen molar-refractivity contribution in [2.24, 2.45) is 4.99 Å². The number of nitrogens with zero attached hydrogens (tertiary/aromatic N) is 4. The summed E-state index contributed by atoms with van der Waals surface area (Å²) >= 11 is 0. The largest absolute Gasteiger partial charge is 0.348 e. The van der Waals surface area contributed by atoms with Crippen molar-refractivity contribution < 1.29 is 4.79 Å². The maximum Gasteiger partial charge on any atom is 0.297 e. The number of quaternary nitrogens is 1. The number of anilines is 1. The van der Waals surface area contributed by atoms with Gasteiger partial charge in [0.1, 0.15) is 5.69 Å². The van der Waals surface area contributed by atoms with Crippen LogP contribution in [0.1, 0.15) is 34.5 Å². The van der Waals surface area contributed by atoms with Gasteiger partial charge in [-0.25, -0.2) is 4.98 Å². The molecule has 2 unspecified atom stereocenters. The fraction of sp³-hybridized carbons (Fsp3) is 0.111. The Labute approximate surface area is 198 Å². The number of aromatic nitrogens is 2. The molecule has 1 aromatic heterocycles. The van der Waals surface area contributed by atoms with Gasteiger partial charge >= 0.3 is 0 Å². The highest BCUT2D eigenvalue weighted by Gasteiger charge is 2.43. The monoisotopic (exact) mass is 449 g/mol. The lowest BCUT2D eigenvalue weighted by Gasteiger charge is -2.28. The molecule has 0 saturated heterocycles. The summed E-state index contributed by atoms with van der Waals surface area (Å²) < 4.78 is -0.139. The highest BCUT2D eigenvalue weighted by Crippen LogP contribution is 2.41. The summed E-state index contributed by atoms with van der Waals surface area (Å²) in [5.74, 6) is 0.814. The van der Waals surface area contributed by atoms with Gasteiger partial charge in [0.15, 0.2) is 5.69 Å². The van der Waals surface area contributed by atoms with Gasteiger partial charge < -0.3 is 5.32 Å². The first-order chi connectivity index (χ1) is 16.5. The molecule has 7 nitrogen and oxygen atoms in total. The Morgan fingerprint density at radius 3 is 2.44 bits per heavy atom. The van der Waals surface area contributed by atoms with Gasteiger partial charge in [-0.15, -0.1) is 0 Å². The normalized spacial score (nSPS) is 17.1. The lowest BCUT2D eigenvalue weighted by Crippen LogP contribution is -2.56. The number of aryl methyl sites for hydroxylation is 1. The Morgan fingerprint density at radius 2 is 1.65 bits per heavy atom. The third-order valence-corrected chi connectivity index (χ3v) is 5.87. The van der Waals surface area contributed by atoms with Gasteiger partial charge in [0.25, 0.3) is 11.7 Å². The predicted octanol–water partition coefficient (Wildman–Crippen LogP) is 5.62. The van der Waals surface area contributed by atoms with Crippen LogP contribution < -0.4 is 15.3 Å². The molecule has 1 aliphatic heterocycles. The van der Waals surface area contributed by atoms with E-state index in [0.717, 1.165) is 22.5 Å². The Bertz CT molecular complexity index is 1350. The van der Waals surface area contributed by atoms with E-state index < -0.39 is 0 Å². The number of fused-ring (bicyclic) bond motifs is 1. The number of hydrogen-bond acceptors (Lipinski definition) is 5. The minimum absolute atomic E-state index is 0.00609. The number of carbonyl (C=O) groups is 1. The van der Waals surface area contributed by atoms with Crippen LogP contribution in [0.25, 0.3) is 0 Å². The SMILES string of the molecule is Cc1ccc(C(=O)N[N+]2(c3ccnc(NC(C)c4ccccc4)n3)C=Nc3ccccc32)cc1. The quantitative estimate of drug-likeness (QED) is 0.375. The molecule has 2 heterocycles. The van der Waals surface area contributed by atoms with Crippen molar-refractivity contribution in [2.75, 3.05) is 5.32 Å². The minimum atomic E-state index is -0.228. The second-order valence-electron chi connectivity index (χ2n) is 8.28. The van der Waals surface area contributed by atoms with Crippen LogP contribution in [0.5, 0.6) is 0 Å². The fourth-order valence-corrected chi connectivity index (χ4v) is 3.98. The molecule has 168 valence electrons. The van der Waals surface area contributed by atoms with E-state index in [1.807, 2.05) is 73.7 Å². The van der Waals surface area contributed by atoms with Gasteiger partial charge in [0.05, 0.1) is 6.04 Å². The molecule has 0 saturated carbocycles. The first-order valence-corrected chi connectivity index (χ1v) is 11.1. The summed E-state index contributed by atoms with van der Waals surface area (Å²) in [5, 5.41) is 3.37. The van der Waals surface area contributed by atoms with Crippen LogP contribution in [0.2, 0.25) is 0 Å². The smallest absolute Gasteiger partial charge is 0.297 e. The van der Waals surface area contributed by atoms with E-state index in [0.29, 0.717) is 17.3 Å². The topological polar surface area (TPSA) is 79.3 Å². The third kappa shape index (κ3) is 4.04. The molecule has 1 aliphatic rings. The Balaban J connectivity index is 1.52. The van der Waals surface area contributed by atoms with Crippen LogP contribution in [-0.2, 0) is 0 Å². The molecule has 3 aromatic carbocycles. The van der Waals surface area contributed by atoms with Crippen molar-refractivity contribution in [2.45, 2.75) is 19.9 Å². The predicted molar refractivity (Wildman–Crippen MR) is 135 cm³/mol. The average Bonchev–Trinajstić information content (AvgIpc) is 3.24. The number of amides is 1. The fourth-order valence-electron chi connectivity index (χ4n) is 3.98. The van der Waals surface area contributed by atoms with Gasteiger partial charge in [-0.1, -0.05) is 64.8 Å². The van der Waals surface area contributed by atoms with Crippen molar-refractivity contribution in [3.8, 4) is 0 Å². The molecule has 5 rings (SSSR count). The van der Waals surface area contributed by atoms with E-state index in [4.69, 9.17) is 4.98 Å². The van der Waals surface area contributed by atoms with Gasteiger partial charge in [0.2, 0.25) is 12.3 Å². The van der Waals surface area contributed by atoms with Crippen molar-refractivity contribution in [1.82, 2.24) is 20.0 Å². The van der Waals surface area contributed by atoms with E-state index in [1.54, 1.807) is 18.6 Å². The van der Waals surface area contributed by atoms with Crippen molar-refractivity contribution in [1.29, 1.82) is 0 Å². The molecule has 0 bridgehead atoms. The van der Waals surface area contributed by atoms with Gasteiger partial charge in [-0.2, -0.15) is 15.4 Å². The maximum absolute atomic E-state index is 13.3. The Kier molecular flexibility index (Phi) is 5.61. The van der Waals surface area contributed by atoms with E-state index in [-0.39, 0.29) is 16.5 Å². The molecule has 4 aromatic rings. The Morgan fingerprint density at radius 1 is 0.912 bits per heavy atom. The zero-order chi connectivity index (χ0) is 23.5. The summed E-state index contributed by atoms with van der Waals surface area (Å²) in [6.07, 6.45) is 3.39. The van der Waals surface area contributed by atoms with Crippen molar-refractivity contribution >= 4 is 35.4 Å². The number of aliphatic imine (C=N–C) groups is 1. The third-order valence-electron chi connectivity index (χ3n) is 5.87. The average molecular weight is 450 g/mol. The number of carbonyl (C=O) groups excluding carboxylic acids is 1. The zero-order valence-electron chi connectivity index (χ0n) is 19.0. The highest BCUT2D eigenvalue weighted by molar-refractivity contribution is 6.01. The van der Waals surface area contributed by atoms with E-state index in [2.05, 4.69) is 39.8 Å².